The molecule has 7 nitrogen and oxygen atoms in total. The first kappa shape index (κ1) is 17.9. The number of nitrogens with zero attached hydrogens (tertiary/aromatic N) is 5. The molecule has 0 saturated carbocycles. The number of nitro benzene ring substituents is 1. The molecule has 0 amide bonds. The summed E-state index contributed by atoms with van der Waals surface area (Å²) in [5.41, 5.74) is 6.36. The molecule has 0 spiro atoms. The van der Waals surface area contributed by atoms with Crippen molar-refractivity contribution in [2.75, 3.05) is 0 Å². The van der Waals surface area contributed by atoms with E-state index in [-0.39, 0.29) is 5.69 Å². The van der Waals surface area contributed by atoms with Crippen LogP contribution in [0.15, 0.2) is 66.7 Å². The second-order valence-corrected chi connectivity index (χ2v) is 7.28. The van der Waals surface area contributed by atoms with Gasteiger partial charge in [0, 0.05) is 23.4 Å². The Kier molecular flexibility index (Phi) is 4.03. The molecule has 0 aliphatic carbocycles. The lowest BCUT2D eigenvalue weighted by atomic mass is 10.1. The minimum atomic E-state index is -0.405. The SMILES string of the molecule is Cc1cc(C)cc(-n2c(-c3cccc([N+](=O)[O-])c3)nc3nc4ccccc4nc32)c1. The van der Waals surface area contributed by atoms with Gasteiger partial charge in [0.15, 0.2) is 11.3 Å². The Bertz CT molecular complexity index is 1440. The first-order chi connectivity index (χ1) is 14.5. The van der Waals surface area contributed by atoms with Gasteiger partial charge in [-0.1, -0.05) is 30.3 Å². The fourth-order valence-electron chi connectivity index (χ4n) is 3.73. The van der Waals surface area contributed by atoms with Crippen LogP contribution in [-0.2, 0) is 0 Å². The monoisotopic (exact) mass is 395 g/mol. The molecule has 7 heteroatoms. The van der Waals surface area contributed by atoms with Gasteiger partial charge in [-0.3, -0.25) is 14.7 Å². The first-order valence-corrected chi connectivity index (χ1v) is 9.48. The van der Waals surface area contributed by atoms with Crippen LogP contribution in [0.3, 0.4) is 0 Å². The predicted octanol–water partition coefficient (Wildman–Crippen LogP) is 5.16. The van der Waals surface area contributed by atoms with Gasteiger partial charge in [-0.05, 0) is 49.2 Å². The standard InChI is InChI=1S/C23H17N5O2/c1-14-10-15(2)12-18(11-14)27-22(16-6-5-7-17(13-16)28(29)30)26-21-23(27)25-20-9-4-3-8-19(20)24-21/h3-13H,1-2H3. The Morgan fingerprint density at radius 2 is 1.53 bits per heavy atom. The molecule has 0 aliphatic rings. The van der Waals surface area contributed by atoms with Crippen molar-refractivity contribution in [2.45, 2.75) is 13.8 Å². The number of hydrogen-bond acceptors (Lipinski definition) is 5. The molecule has 30 heavy (non-hydrogen) atoms. The lowest BCUT2D eigenvalue weighted by Gasteiger charge is -2.11. The summed E-state index contributed by atoms with van der Waals surface area (Å²) in [6.07, 6.45) is 0. The molecule has 2 aromatic heterocycles. The van der Waals surface area contributed by atoms with Crippen LogP contribution < -0.4 is 0 Å². The van der Waals surface area contributed by atoms with E-state index >= 15 is 0 Å². The number of nitro groups is 1. The van der Waals surface area contributed by atoms with E-state index in [2.05, 4.69) is 11.1 Å². The smallest absolute Gasteiger partial charge is 0.270 e. The maximum absolute atomic E-state index is 11.3. The highest BCUT2D eigenvalue weighted by Gasteiger charge is 2.19. The Morgan fingerprint density at radius 3 is 2.23 bits per heavy atom. The molecule has 0 bridgehead atoms. The summed E-state index contributed by atoms with van der Waals surface area (Å²) in [5, 5.41) is 11.3. The molecule has 5 rings (SSSR count). The van der Waals surface area contributed by atoms with Crippen molar-refractivity contribution in [3.8, 4) is 17.1 Å². The average molecular weight is 395 g/mol. The molecule has 0 atom stereocenters. The molecular formula is C23H17N5O2. The Morgan fingerprint density at radius 1 is 0.833 bits per heavy atom. The van der Waals surface area contributed by atoms with E-state index in [0.717, 1.165) is 27.8 Å². The van der Waals surface area contributed by atoms with Gasteiger partial charge in [0.2, 0.25) is 0 Å². The normalized spacial score (nSPS) is 11.3. The van der Waals surface area contributed by atoms with Gasteiger partial charge in [0.1, 0.15) is 5.82 Å². The minimum Gasteiger partial charge on any atom is -0.275 e. The molecule has 0 aliphatic heterocycles. The quantitative estimate of drug-likeness (QED) is 0.311. The second-order valence-electron chi connectivity index (χ2n) is 7.28. The van der Waals surface area contributed by atoms with Crippen LogP contribution in [0.1, 0.15) is 11.1 Å². The van der Waals surface area contributed by atoms with Crippen LogP contribution in [0.2, 0.25) is 0 Å². The third-order valence-corrected chi connectivity index (χ3v) is 4.95. The number of fused-ring (bicyclic) bond motifs is 2. The van der Waals surface area contributed by atoms with E-state index < -0.39 is 4.92 Å². The van der Waals surface area contributed by atoms with Crippen molar-refractivity contribution in [3.63, 3.8) is 0 Å². The molecule has 0 unspecified atom stereocenters. The Hall–Kier alpha value is -4.13. The van der Waals surface area contributed by atoms with Crippen molar-refractivity contribution < 1.29 is 4.92 Å². The highest BCUT2D eigenvalue weighted by molar-refractivity contribution is 5.86. The van der Waals surface area contributed by atoms with E-state index in [1.54, 1.807) is 6.07 Å². The van der Waals surface area contributed by atoms with E-state index in [0.29, 0.717) is 22.7 Å². The van der Waals surface area contributed by atoms with Crippen molar-refractivity contribution in [2.24, 2.45) is 0 Å². The van der Waals surface area contributed by atoms with E-state index in [1.807, 2.05) is 60.9 Å². The molecule has 0 saturated heterocycles. The number of para-hydroxylation sites is 2. The molecule has 0 fully saturated rings. The van der Waals surface area contributed by atoms with Crippen LogP contribution in [-0.4, -0.2) is 24.4 Å². The summed E-state index contributed by atoms with van der Waals surface area (Å²) in [5.74, 6) is 0.564. The third-order valence-electron chi connectivity index (χ3n) is 4.95. The van der Waals surface area contributed by atoms with Crippen molar-refractivity contribution >= 4 is 28.0 Å². The summed E-state index contributed by atoms with van der Waals surface area (Å²) in [6.45, 7) is 4.06. The zero-order chi connectivity index (χ0) is 20.8. The molecule has 0 radical (unpaired) electrons. The third kappa shape index (κ3) is 2.97. The molecule has 5 aromatic rings. The minimum absolute atomic E-state index is 0.0117. The number of non-ortho nitro benzene ring substituents is 1. The van der Waals surface area contributed by atoms with Crippen LogP contribution in [0.5, 0.6) is 0 Å². The summed E-state index contributed by atoms with van der Waals surface area (Å²) in [4.78, 5) is 25.1. The molecule has 2 heterocycles. The maximum atomic E-state index is 11.3. The largest absolute Gasteiger partial charge is 0.275 e. The zero-order valence-electron chi connectivity index (χ0n) is 16.4. The zero-order valence-corrected chi connectivity index (χ0v) is 16.4. The maximum Gasteiger partial charge on any atom is 0.270 e. The summed E-state index contributed by atoms with van der Waals surface area (Å²) < 4.78 is 1.92. The molecular weight excluding hydrogens is 378 g/mol. The van der Waals surface area contributed by atoms with Crippen LogP contribution in [0, 0.1) is 24.0 Å². The highest BCUT2D eigenvalue weighted by atomic mass is 16.6. The Balaban J connectivity index is 1.88. The lowest BCUT2D eigenvalue weighted by Crippen LogP contribution is -2.01. The van der Waals surface area contributed by atoms with E-state index in [9.17, 15) is 10.1 Å². The number of aryl methyl sites for hydroxylation is 2. The van der Waals surface area contributed by atoms with E-state index in [4.69, 9.17) is 9.97 Å². The van der Waals surface area contributed by atoms with Gasteiger partial charge >= 0.3 is 0 Å². The molecule has 146 valence electrons. The predicted molar refractivity (Wildman–Crippen MR) is 116 cm³/mol. The number of benzene rings is 3. The topological polar surface area (TPSA) is 86.7 Å². The van der Waals surface area contributed by atoms with Gasteiger partial charge in [0.05, 0.1) is 16.0 Å². The second kappa shape index (κ2) is 6.73. The van der Waals surface area contributed by atoms with Crippen molar-refractivity contribution in [3.05, 3.63) is 88.0 Å². The summed E-state index contributed by atoms with van der Waals surface area (Å²) >= 11 is 0. The van der Waals surface area contributed by atoms with Crippen molar-refractivity contribution in [1.82, 2.24) is 19.5 Å². The van der Waals surface area contributed by atoms with Gasteiger partial charge in [-0.15, -0.1) is 0 Å². The van der Waals surface area contributed by atoms with Gasteiger partial charge in [0.25, 0.3) is 5.69 Å². The van der Waals surface area contributed by atoms with Gasteiger partial charge < -0.3 is 0 Å². The highest BCUT2D eigenvalue weighted by Crippen LogP contribution is 2.30. The fourth-order valence-corrected chi connectivity index (χ4v) is 3.73. The van der Waals surface area contributed by atoms with Crippen LogP contribution in [0.25, 0.3) is 39.4 Å². The summed E-state index contributed by atoms with van der Waals surface area (Å²) in [6, 6.07) is 20.3. The van der Waals surface area contributed by atoms with Crippen LogP contribution >= 0.6 is 0 Å². The summed E-state index contributed by atoms with van der Waals surface area (Å²) in [7, 11) is 0. The van der Waals surface area contributed by atoms with Gasteiger partial charge in [-0.25, -0.2) is 15.0 Å². The average Bonchev–Trinajstić information content (AvgIpc) is 3.09. The van der Waals surface area contributed by atoms with Crippen molar-refractivity contribution in [1.29, 1.82) is 0 Å². The first-order valence-electron chi connectivity index (χ1n) is 9.48. The number of aromatic nitrogens is 4. The molecule has 3 aromatic carbocycles. The number of rotatable bonds is 3. The number of imidazole rings is 1. The van der Waals surface area contributed by atoms with Crippen LogP contribution in [0.4, 0.5) is 5.69 Å². The lowest BCUT2D eigenvalue weighted by molar-refractivity contribution is -0.384. The Labute approximate surface area is 171 Å². The fraction of sp³-hybridized carbons (Fsp3) is 0.0870. The molecule has 0 N–H and O–H groups in total. The van der Waals surface area contributed by atoms with Gasteiger partial charge in [-0.2, -0.15) is 0 Å². The number of hydrogen-bond donors (Lipinski definition) is 0. The van der Waals surface area contributed by atoms with E-state index in [1.165, 1.54) is 12.1 Å².